The van der Waals surface area contributed by atoms with E-state index < -0.39 is 11.4 Å². The molecule has 3 aromatic rings. The summed E-state index contributed by atoms with van der Waals surface area (Å²) >= 11 is 5.67. The van der Waals surface area contributed by atoms with Gasteiger partial charge in [-0.2, -0.15) is 0 Å². The molecule has 1 fully saturated rings. The average molecular weight is 503 g/mol. The van der Waals surface area contributed by atoms with Crippen LogP contribution in [-0.2, 0) is 4.79 Å². The Labute approximate surface area is 213 Å². The number of anilines is 2. The lowest BCUT2D eigenvalue weighted by Gasteiger charge is -2.29. The highest BCUT2D eigenvalue weighted by Gasteiger charge is 2.50. The minimum absolute atomic E-state index is 0.0773. The van der Waals surface area contributed by atoms with E-state index in [0.717, 1.165) is 5.56 Å². The lowest BCUT2D eigenvalue weighted by molar-refractivity contribution is -0.120. The summed E-state index contributed by atoms with van der Waals surface area (Å²) in [5, 5.41) is 2.72. The van der Waals surface area contributed by atoms with E-state index in [1.165, 1.54) is 24.1 Å². The zero-order chi connectivity index (χ0) is 26.2. The van der Waals surface area contributed by atoms with Gasteiger partial charge in [-0.3, -0.25) is 14.5 Å². The normalized spacial score (nSPS) is 14.6. The van der Waals surface area contributed by atoms with Gasteiger partial charge in [-0.1, -0.05) is 18.2 Å². The molecule has 182 valence electrons. The Morgan fingerprint density at radius 1 is 1.08 bits per heavy atom. The summed E-state index contributed by atoms with van der Waals surface area (Å²) in [5.41, 5.74) is 1.30. The van der Waals surface area contributed by atoms with Gasteiger partial charge in [-0.25, -0.2) is 9.24 Å². The molecule has 0 spiro atoms. The van der Waals surface area contributed by atoms with Crippen molar-refractivity contribution in [3.8, 4) is 11.5 Å². The van der Waals surface area contributed by atoms with Crippen molar-refractivity contribution in [1.82, 2.24) is 5.32 Å². The second kappa shape index (κ2) is 9.40. The predicted molar refractivity (Wildman–Crippen MR) is 140 cm³/mol. The highest BCUT2D eigenvalue weighted by molar-refractivity contribution is 7.81. The van der Waals surface area contributed by atoms with E-state index in [2.05, 4.69) is 10.2 Å². The maximum atomic E-state index is 15.2. The number of halogens is 1. The van der Waals surface area contributed by atoms with Gasteiger partial charge in [-0.15, -0.1) is 0 Å². The van der Waals surface area contributed by atoms with E-state index in [0.29, 0.717) is 17.1 Å². The first-order valence-electron chi connectivity index (χ1n) is 11.1. The van der Waals surface area contributed by atoms with Crippen molar-refractivity contribution < 1.29 is 18.7 Å². The second-order valence-corrected chi connectivity index (χ2v) is 9.06. The molecule has 2 amide bonds. The highest BCUT2D eigenvalue weighted by Crippen LogP contribution is 2.39. The van der Waals surface area contributed by atoms with Gasteiger partial charge in [0.1, 0.15) is 11.3 Å². The number of benzene rings is 3. The molecule has 1 aliphatic rings. The third-order valence-electron chi connectivity index (χ3n) is 5.98. The molecular formula is C27H23FN4O3S. The number of para-hydroxylation sites is 1. The smallest absolute Gasteiger partial charge is 0.259 e. The Kier molecular flexibility index (Phi) is 6.48. The lowest BCUT2D eigenvalue weighted by atomic mass is 10.0. The summed E-state index contributed by atoms with van der Waals surface area (Å²) in [6, 6.07) is 15.9. The molecule has 0 aliphatic carbocycles. The molecule has 1 aliphatic heterocycles. The molecule has 1 heterocycles. The summed E-state index contributed by atoms with van der Waals surface area (Å²) < 4.78 is 20.9. The van der Waals surface area contributed by atoms with Crippen molar-refractivity contribution in [3.05, 3.63) is 89.0 Å². The summed E-state index contributed by atoms with van der Waals surface area (Å²) in [6.45, 7) is 12.5. The van der Waals surface area contributed by atoms with Crippen molar-refractivity contribution in [2.45, 2.75) is 26.3 Å². The monoisotopic (exact) mass is 502 g/mol. The molecule has 1 saturated heterocycles. The van der Waals surface area contributed by atoms with Gasteiger partial charge in [-0.05, 0) is 75.0 Å². The minimum Gasteiger partial charge on any atom is -0.453 e. The van der Waals surface area contributed by atoms with Gasteiger partial charge in [0.2, 0.25) is 0 Å². The van der Waals surface area contributed by atoms with Gasteiger partial charge in [0.15, 0.2) is 22.4 Å². The van der Waals surface area contributed by atoms with Gasteiger partial charge >= 0.3 is 0 Å². The van der Waals surface area contributed by atoms with Crippen LogP contribution in [0, 0.1) is 19.3 Å². The van der Waals surface area contributed by atoms with E-state index >= 15 is 4.39 Å². The molecular weight excluding hydrogens is 479 g/mol. The number of carbonyl (C=O) groups excluding carboxylic acids is 2. The van der Waals surface area contributed by atoms with Crippen molar-refractivity contribution >= 4 is 46.2 Å². The van der Waals surface area contributed by atoms with Crippen LogP contribution in [0.1, 0.15) is 29.8 Å². The maximum Gasteiger partial charge on any atom is 0.259 e. The van der Waals surface area contributed by atoms with Crippen molar-refractivity contribution in [2.24, 2.45) is 0 Å². The van der Waals surface area contributed by atoms with Gasteiger partial charge in [0.05, 0.1) is 12.1 Å². The Balaban J connectivity index is 1.67. The van der Waals surface area contributed by atoms with Crippen LogP contribution in [0.2, 0.25) is 0 Å². The quantitative estimate of drug-likeness (QED) is 0.355. The molecule has 0 atom stereocenters. The first-order chi connectivity index (χ1) is 17.1. The van der Waals surface area contributed by atoms with Crippen LogP contribution >= 0.6 is 12.2 Å². The molecule has 0 aromatic heterocycles. The first kappa shape index (κ1) is 24.8. The number of rotatable bonds is 5. The molecule has 3 aromatic carbocycles. The second-order valence-electron chi connectivity index (χ2n) is 8.69. The van der Waals surface area contributed by atoms with Gasteiger partial charge in [0.25, 0.3) is 11.8 Å². The number of carbonyl (C=O) groups is 2. The first-order valence-corrected chi connectivity index (χ1v) is 11.5. The highest BCUT2D eigenvalue weighted by atomic mass is 32.1. The zero-order valence-electron chi connectivity index (χ0n) is 20.1. The van der Waals surface area contributed by atoms with Crippen molar-refractivity contribution in [3.63, 3.8) is 0 Å². The van der Waals surface area contributed by atoms with Crippen LogP contribution in [0.5, 0.6) is 11.5 Å². The van der Waals surface area contributed by atoms with E-state index in [1.807, 2.05) is 0 Å². The van der Waals surface area contributed by atoms with Gasteiger partial charge < -0.3 is 15.0 Å². The maximum absolute atomic E-state index is 15.2. The standard InChI is InChI=1S/C27H23FN4O3S/c1-16-14-17(10-12-21(16)29-4)31-25(34)27(2,3)32(26(31)36)18-11-13-23(20(28)15-18)35-22-9-7-6-8-19(22)24(33)30-5/h6-15H,1-3,5H3,(H,30,33). The van der Waals surface area contributed by atoms with E-state index in [-0.39, 0.29) is 34.0 Å². The molecule has 0 radical (unpaired) electrons. The van der Waals surface area contributed by atoms with Crippen molar-refractivity contribution in [1.29, 1.82) is 0 Å². The summed E-state index contributed by atoms with van der Waals surface area (Å²) in [4.78, 5) is 32.0. The van der Waals surface area contributed by atoms with Crippen LogP contribution < -0.4 is 19.9 Å². The Morgan fingerprint density at radius 3 is 2.42 bits per heavy atom. The molecule has 0 unspecified atom stereocenters. The predicted octanol–water partition coefficient (Wildman–Crippen LogP) is 5.75. The number of hydrogen-bond donors (Lipinski definition) is 1. The number of thiocarbonyl (C=S) groups is 1. The van der Waals surface area contributed by atoms with Crippen LogP contribution in [0.25, 0.3) is 4.85 Å². The number of amides is 2. The molecule has 1 N–H and O–H groups in total. The summed E-state index contributed by atoms with van der Waals surface area (Å²) in [5.74, 6) is -1.18. The van der Waals surface area contributed by atoms with Crippen LogP contribution in [-0.4, -0.2) is 29.5 Å². The van der Waals surface area contributed by atoms with Crippen LogP contribution in [0.4, 0.5) is 21.5 Å². The van der Waals surface area contributed by atoms with E-state index in [4.69, 9.17) is 23.5 Å². The third-order valence-corrected chi connectivity index (χ3v) is 6.34. The summed E-state index contributed by atoms with van der Waals surface area (Å²) in [7, 11) is 1.50. The molecule has 4 rings (SSSR count). The minimum atomic E-state index is -1.09. The van der Waals surface area contributed by atoms with E-state index in [9.17, 15) is 9.59 Å². The molecule has 0 bridgehead atoms. The Bertz CT molecular complexity index is 1450. The Hall–Kier alpha value is -4.29. The largest absolute Gasteiger partial charge is 0.453 e. The zero-order valence-corrected chi connectivity index (χ0v) is 20.9. The number of aryl methyl sites for hydroxylation is 1. The number of nitrogens with one attached hydrogen (secondary N) is 1. The number of ether oxygens (including phenoxy) is 1. The number of nitrogens with zero attached hydrogens (tertiary/aromatic N) is 3. The van der Waals surface area contributed by atoms with E-state index in [1.54, 1.807) is 74.2 Å². The number of hydrogen-bond acceptors (Lipinski definition) is 4. The molecule has 7 nitrogen and oxygen atoms in total. The van der Waals surface area contributed by atoms with Crippen LogP contribution in [0.15, 0.2) is 60.7 Å². The molecule has 0 saturated carbocycles. The fraction of sp³-hybridized carbons (Fsp3) is 0.185. The Morgan fingerprint density at radius 2 is 1.78 bits per heavy atom. The fourth-order valence-electron chi connectivity index (χ4n) is 4.07. The molecule has 36 heavy (non-hydrogen) atoms. The fourth-order valence-corrected chi connectivity index (χ4v) is 4.59. The van der Waals surface area contributed by atoms with Crippen LogP contribution in [0.3, 0.4) is 0 Å². The summed E-state index contributed by atoms with van der Waals surface area (Å²) in [6.07, 6.45) is 0. The average Bonchev–Trinajstić information content (AvgIpc) is 3.03. The topological polar surface area (TPSA) is 66.2 Å². The third kappa shape index (κ3) is 4.16. The molecule has 9 heteroatoms. The lowest BCUT2D eigenvalue weighted by Crippen LogP contribution is -2.44. The SMILES string of the molecule is [C-]#[N+]c1ccc(N2C(=O)C(C)(C)N(c3ccc(Oc4ccccc4C(=O)NC)c(F)c3)C2=S)cc1C. The van der Waals surface area contributed by atoms with Crippen molar-refractivity contribution in [2.75, 3.05) is 16.8 Å². The van der Waals surface area contributed by atoms with Gasteiger partial charge in [0, 0.05) is 24.5 Å².